The lowest BCUT2D eigenvalue weighted by molar-refractivity contribution is -0.123. The van der Waals surface area contributed by atoms with E-state index in [1.807, 2.05) is 24.3 Å². The molecular weight excluding hydrogens is 250 g/mol. The number of para-hydroxylation sites is 1. The maximum Gasteiger partial charge on any atom is 0.237 e. The lowest BCUT2D eigenvalue weighted by Crippen LogP contribution is -2.33. The first kappa shape index (κ1) is 12.1. The standard InChI is InChI=1S/C17H19NO2/c1-2-10-5-3-4-6-13(10)18-16(19)14-11-7-8-12(9-11)15(14)17(18)20/h3-6,11-12,14-15H,2,7-9H2,1H3/t11-,12-,14-,15+/m0/s1. The summed E-state index contributed by atoms with van der Waals surface area (Å²) < 4.78 is 0. The van der Waals surface area contributed by atoms with E-state index in [0.29, 0.717) is 11.8 Å². The predicted molar refractivity (Wildman–Crippen MR) is 76.1 cm³/mol. The van der Waals surface area contributed by atoms with E-state index in [9.17, 15) is 9.59 Å². The van der Waals surface area contributed by atoms with Crippen LogP contribution in [0.1, 0.15) is 31.7 Å². The third-order valence-electron chi connectivity index (χ3n) is 5.54. The Kier molecular flexibility index (Phi) is 2.53. The summed E-state index contributed by atoms with van der Waals surface area (Å²) in [4.78, 5) is 27.0. The Morgan fingerprint density at radius 2 is 1.65 bits per heavy atom. The molecular formula is C17H19NO2. The first-order valence-electron chi connectivity index (χ1n) is 7.68. The molecule has 1 aromatic carbocycles. The minimum atomic E-state index is -0.0221. The molecule has 2 amide bonds. The van der Waals surface area contributed by atoms with Crippen LogP contribution >= 0.6 is 0 Å². The summed E-state index contributed by atoms with van der Waals surface area (Å²) in [7, 11) is 0. The van der Waals surface area contributed by atoms with Crippen molar-refractivity contribution < 1.29 is 9.59 Å². The van der Waals surface area contributed by atoms with Gasteiger partial charge in [0.15, 0.2) is 0 Å². The van der Waals surface area contributed by atoms with E-state index in [2.05, 4.69) is 6.92 Å². The van der Waals surface area contributed by atoms with Crippen LogP contribution in [-0.4, -0.2) is 11.8 Å². The normalized spacial score (nSPS) is 35.0. The number of rotatable bonds is 2. The van der Waals surface area contributed by atoms with Gasteiger partial charge in [-0.3, -0.25) is 9.59 Å². The largest absolute Gasteiger partial charge is 0.274 e. The van der Waals surface area contributed by atoms with Crippen LogP contribution in [0.3, 0.4) is 0 Å². The van der Waals surface area contributed by atoms with Crippen molar-refractivity contribution in [2.75, 3.05) is 4.90 Å². The summed E-state index contributed by atoms with van der Waals surface area (Å²) in [5, 5.41) is 0. The van der Waals surface area contributed by atoms with Gasteiger partial charge in [-0.25, -0.2) is 4.90 Å². The molecule has 4 atom stereocenters. The molecule has 104 valence electrons. The van der Waals surface area contributed by atoms with Gasteiger partial charge < -0.3 is 0 Å². The number of aryl methyl sites for hydroxylation is 1. The Morgan fingerprint density at radius 3 is 2.25 bits per heavy atom. The van der Waals surface area contributed by atoms with E-state index in [0.717, 1.165) is 36.9 Å². The van der Waals surface area contributed by atoms with Crippen LogP contribution in [0.2, 0.25) is 0 Å². The lowest BCUT2D eigenvalue weighted by Gasteiger charge is -2.20. The average Bonchev–Trinajstić information content (AvgIpc) is 3.13. The second-order valence-electron chi connectivity index (χ2n) is 6.38. The highest BCUT2D eigenvalue weighted by molar-refractivity contribution is 6.22. The molecule has 0 unspecified atom stereocenters. The summed E-state index contributed by atoms with van der Waals surface area (Å²) in [6.07, 6.45) is 4.20. The summed E-state index contributed by atoms with van der Waals surface area (Å²) in [5.41, 5.74) is 1.90. The molecule has 0 aromatic heterocycles. The Balaban J connectivity index is 1.77. The van der Waals surface area contributed by atoms with Crippen molar-refractivity contribution in [1.82, 2.24) is 0 Å². The minimum absolute atomic E-state index is 0.0221. The smallest absolute Gasteiger partial charge is 0.237 e. The fourth-order valence-corrected chi connectivity index (χ4v) is 4.67. The van der Waals surface area contributed by atoms with Crippen molar-refractivity contribution >= 4 is 17.5 Å². The summed E-state index contributed by atoms with van der Waals surface area (Å²) in [5.74, 6) is 0.999. The van der Waals surface area contributed by atoms with Crippen LogP contribution in [0.4, 0.5) is 5.69 Å². The van der Waals surface area contributed by atoms with Gasteiger partial charge in [0.25, 0.3) is 0 Å². The van der Waals surface area contributed by atoms with Crippen LogP contribution < -0.4 is 4.90 Å². The highest BCUT2D eigenvalue weighted by Gasteiger charge is 2.61. The highest BCUT2D eigenvalue weighted by Crippen LogP contribution is 2.56. The molecule has 0 radical (unpaired) electrons. The van der Waals surface area contributed by atoms with Gasteiger partial charge in [0.05, 0.1) is 17.5 Å². The lowest BCUT2D eigenvalue weighted by atomic mass is 9.81. The SMILES string of the molecule is CCc1ccccc1N1C(=O)[C@@H]2[C@H]3CC[C@@H](C3)[C@@H]2C1=O. The summed E-state index contributed by atoms with van der Waals surface area (Å²) in [6, 6.07) is 7.81. The highest BCUT2D eigenvalue weighted by atomic mass is 16.2. The van der Waals surface area contributed by atoms with Crippen molar-refractivity contribution in [3.8, 4) is 0 Å². The van der Waals surface area contributed by atoms with Crippen molar-refractivity contribution in [2.24, 2.45) is 23.7 Å². The van der Waals surface area contributed by atoms with E-state index in [1.54, 1.807) is 0 Å². The van der Waals surface area contributed by atoms with Crippen LogP contribution in [0, 0.1) is 23.7 Å². The molecule has 3 nitrogen and oxygen atoms in total. The molecule has 3 fully saturated rings. The maximum atomic E-state index is 12.8. The quantitative estimate of drug-likeness (QED) is 0.774. The fraction of sp³-hybridized carbons (Fsp3) is 0.529. The van der Waals surface area contributed by atoms with Gasteiger partial charge in [0.1, 0.15) is 0 Å². The molecule has 20 heavy (non-hydrogen) atoms. The number of nitrogens with zero attached hydrogens (tertiary/aromatic N) is 1. The Morgan fingerprint density at radius 1 is 1.05 bits per heavy atom. The van der Waals surface area contributed by atoms with Crippen LogP contribution in [0.15, 0.2) is 24.3 Å². The molecule has 4 rings (SSSR count). The van der Waals surface area contributed by atoms with Gasteiger partial charge >= 0.3 is 0 Å². The molecule has 1 aromatic rings. The van der Waals surface area contributed by atoms with E-state index < -0.39 is 0 Å². The number of carbonyl (C=O) groups excluding carboxylic acids is 2. The molecule has 1 heterocycles. The Hall–Kier alpha value is -1.64. The number of hydrogen-bond donors (Lipinski definition) is 0. The van der Waals surface area contributed by atoms with Crippen LogP contribution in [0.5, 0.6) is 0 Å². The van der Waals surface area contributed by atoms with Crippen molar-refractivity contribution in [1.29, 1.82) is 0 Å². The zero-order valence-electron chi connectivity index (χ0n) is 11.7. The minimum Gasteiger partial charge on any atom is -0.274 e. The van der Waals surface area contributed by atoms with Gasteiger partial charge in [-0.1, -0.05) is 25.1 Å². The van der Waals surface area contributed by atoms with Crippen molar-refractivity contribution in [2.45, 2.75) is 32.6 Å². The molecule has 2 saturated carbocycles. The summed E-state index contributed by atoms with van der Waals surface area (Å²) >= 11 is 0. The second-order valence-corrected chi connectivity index (χ2v) is 6.38. The number of benzene rings is 1. The molecule has 1 aliphatic heterocycles. The molecule has 1 saturated heterocycles. The number of hydrogen-bond acceptors (Lipinski definition) is 2. The van der Waals surface area contributed by atoms with E-state index >= 15 is 0 Å². The summed E-state index contributed by atoms with van der Waals surface area (Å²) in [6.45, 7) is 2.06. The zero-order chi connectivity index (χ0) is 13.9. The second kappa shape index (κ2) is 4.18. The van der Waals surface area contributed by atoms with Gasteiger partial charge in [0.2, 0.25) is 11.8 Å². The van der Waals surface area contributed by atoms with Gasteiger partial charge in [-0.15, -0.1) is 0 Å². The average molecular weight is 269 g/mol. The topological polar surface area (TPSA) is 37.4 Å². The number of anilines is 1. The van der Waals surface area contributed by atoms with Gasteiger partial charge in [-0.05, 0) is 49.1 Å². The predicted octanol–water partition coefficient (Wildman–Crippen LogP) is 2.78. The number of imide groups is 1. The molecule has 0 spiro atoms. The van der Waals surface area contributed by atoms with E-state index in [4.69, 9.17) is 0 Å². The van der Waals surface area contributed by atoms with Crippen molar-refractivity contribution in [3.63, 3.8) is 0 Å². The molecule has 2 bridgehead atoms. The molecule has 3 aliphatic rings. The molecule has 0 N–H and O–H groups in total. The number of fused-ring (bicyclic) bond motifs is 5. The van der Waals surface area contributed by atoms with Gasteiger partial charge in [-0.2, -0.15) is 0 Å². The van der Waals surface area contributed by atoms with Crippen molar-refractivity contribution in [3.05, 3.63) is 29.8 Å². The first-order valence-corrected chi connectivity index (χ1v) is 7.68. The Bertz CT molecular complexity index is 566. The first-order chi connectivity index (χ1) is 9.72. The Labute approximate surface area is 119 Å². The molecule has 3 heteroatoms. The third-order valence-corrected chi connectivity index (χ3v) is 5.54. The zero-order valence-corrected chi connectivity index (χ0v) is 11.7. The monoisotopic (exact) mass is 269 g/mol. The van der Waals surface area contributed by atoms with Crippen LogP contribution in [0.25, 0.3) is 0 Å². The van der Waals surface area contributed by atoms with E-state index in [1.165, 1.54) is 4.90 Å². The van der Waals surface area contributed by atoms with E-state index in [-0.39, 0.29) is 23.7 Å². The maximum absolute atomic E-state index is 12.8. The number of carbonyl (C=O) groups is 2. The fourth-order valence-electron chi connectivity index (χ4n) is 4.67. The van der Waals surface area contributed by atoms with Gasteiger partial charge in [0, 0.05) is 0 Å². The van der Waals surface area contributed by atoms with Crippen LogP contribution in [-0.2, 0) is 16.0 Å². The number of amides is 2. The molecule has 2 aliphatic carbocycles. The third kappa shape index (κ3) is 1.41.